The van der Waals surface area contributed by atoms with Crippen molar-refractivity contribution in [2.24, 2.45) is 0 Å². The molecule has 0 saturated heterocycles. The Morgan fingerprint density at radius 3 is 2.76 bits per heavy atom. The monoisotopic (exact) mass is 237 g/mol. The molecule has 6 heteroatoms. The lowest BCUT2D eigenvalue weighted by Gasteiger charge is -2.06. The molecular formula is C11H15N3O3. The maximum Gasteiger partial charge on any atom is 0.292 e. The normalized spacial score (nSPS) is 9.71. The summed E-state index contributed by atoms with van der Waals surface area (Å²) in [6.07, 6.45) is 0.292. The molecule has 2 N–H and O–H groups in total. The highest BCUT2D eigenvalue weighted by Gasteiger charge is 2.11. The predicted octanol–water partition coefficient (Wildman–Crippen LogP) is 1.53. The highest BCUT2D eigenvalue weighted by atomic mass is 16.6. The zero-order chi connectivity index (χ0) is 12.7. The number of carbonyl (C=O) groups excluding carboxylic acids is 1. The number of para-hydroxylation sites is 2. The fourth-order valence-corrected chi connectivity index (χ4v) is 1.38. The third-order valence-corrected chi connectivity index (χ3v) is 2.14. The van der Waals surface area contributed by atoms with Crippen molar-refractivity contribution in [3.05, 3.63) is 34.4 Å². The predicted molar refractivity (Wildman–Crippen MR) is 64.9 cm³/mol. The third-order valence-electron chi connectivity index (χ3n) is 2.14. The Morgan fingerprint density at radius 1 is 1.41 bits per heavy atom. The Labute approximate surface area is 99.2 Å². The maximum atomic E-state index is 11.2. The van der Waals surface area contributed by atoms with Crippen molar-refractivity contribution in [2.45, 2.75) is 13.3 Å². The zero-order valence-electron chi connectivity index (χ0n) is 9.60. The number of anilines is 1. The van der Waals surface area contributed by atoms with Crippen LogP contribution in [0.15, 0.2) is 24.3 Å². The molecule has 0 aliphatic carbocycles. The number of benzene rings is 1. The van der Waals surface area contributed by atoms with Crippen LogP contribution in [0.2, 0.25) is 0 Å². The number of nitrogens with zero attached hydrogens (tertiary/aromatic N) is 1. The van der Waals surface area contributed by atoms with Crippen molar-refractivity contribution in [1.29, 1.82) is 0 Å². The molecule has 17 heavy (non-hydrogen) atoms. The van der Waals surface area contributed by atoms with Crippen LogP contribution < -0.4 is 10.6 Å². The van der Waals surface area contributed by atoms with E-state index < -0.39 is 4.92 Å². The lowest BCUT2D eigenvalue weighted by Crippen LogP contribution is -2.24. The summed E-state index contributed by atoms with van der Waals surface area (Å²) in [4.78, 5) is 21.4. The largest absolute Gasteiger partial charge is 0.379 e. The summed E-state index contributed by atoms with van der Waals surface area (Å²) in [5.74, 6) is -0.0708. The van der Waals surface area contributed by atoms with Gasteiger partial charge in [-0.05, 0) is 13.0 Å². The van der Waals surface area contributed by atoms with E-state index in [9.17, 15) is 14.9 Å². The highest BCUT2D eigenvalue weighted by molar-refractivity contribution is 5.76. The molecule has 0 aromatic heterocycles. The molecule has 0 atom stereocenters. The number of amides is 1. The van der Waals surface area contributed by atoms with Crippen LogP contribution in [0, 0.1) is 10.1 Å². The van der Waals surface area contributed by atoms with E-state index in [1.165, 1.54) is 6.07 Å². The summed E-state index contributed by atoms with van der Waals surface area (Å²) in [6, 6.07) is 6.36. The van der Waals surface area contributed by atoms with Crippen LogP contribution in [0.5, 0.6) is 0 Å². The Balaban J connectivity index is 2.52. The van der Waals surface area contributed by atoms with Crippen molar-refractivity contribution < 1.29 is 9.72 Å². The minimum Gasteiger partial charge on any atom is -0.379 e. The molecule has 0 unspecified atom stereocenters. The van der Waals surface area contributed by atoms with Gasteiger partial charge in [0, 0.05) is 25.6 Å². The van der Waals surface area contributed by atoms with Gasteiger partial charge in [0.15, 0.2) is 0 Å². The van der Waals surface area contributed by atoms with Crippen molar-refractivity contribution in [2.75, 3.05) is 18.4 Å². The Bertz CT molecular complexity index is 407. The fourth-order valence-electron chi connectivity index (χ4n) is 1.38. The summed E-state index contributed by atoms with van der Waals surface area (Å²) in [5.41, 5.74) is 0.449. The van der Waals surface area contributed by atoms with Gasteiger partial charge in [-0.1, -0.05) is 12.1 Å². The van der Waals surface area contributed by atoms with E-state index >= 15 is 0 Å². The van der Waals surface area contributed by atoms with Crippen molar-refractivity contribution >= 4 is 17.3 Å². The molecule has 0 bridgehead atoms. The van der Waals surface area contributed by atoms with Crippen molar-refractivity contribution in [3.63, 3.8) is 0 Å². The van der Waals surface area contributed by atoms with Gasteiger partial charge in [0.1, 0.15) is 5.69 Å². The molecule has 6 nitrogen and oxygen atoms in total. The first-order valence-corrected chi connectivity index (χ1v) is 5.39. The number of nitro benzene ring substituents is 1. The second-order valence-corrected chi connectivity index (χ2v) is 3.40. The molecule has 92 valence electrons. The molecule has 1 aromatic rings. The van der Waals surface area contributed by atoms with E-state index in [0.717, 1.165) is 0 Å². The second kappa shape index (κ2) is 6.47. The van der Waals surface area contributed by atoms with E-state index in [0.29, 0.717) is 25.2 Å². The fraction of sp³-hybridized carbons (Fsp3) is 0.364. The lowest BCUT2D eigenvalue weighted by molar-refractivity contribution is -0.384. The number of hydrogen-bond donors (Lipinski definition) is 2. The van der Waals surface area contributed by atoms with Crippen LogP contribution in [0.25, 0.3) is 0 Å². The summed E-state index contributed by atoms with van der Waals surface area (Å²) in [5, 5.41) is 16.2. The Kier molecular flexibility index (Phi) is 4.93. The molecule has 0 spiro atoms. The van der Waals surface area contributed by atoms with Gasteiger partial charge in [0.25, 0.3) is 5.69 Å². The minimum absolute atomic E-state index is 0.0170. The number of nitrogens with one attached hydrogen (secondary N) is 2. The maximum absolute atomic E-state index is 11.2. The van der Waals surface area contributed by atoms with Gasteiger partial charge in [0.05, 0.1) is 4.92 Å². The molecule has 0 aliphatic heterocycles. The molecule has 1 amide bonds. The topological polar surface area (TPSA) is 84.3 Å². The van der Waals surface area contributed by atoms with E-state index in [1.807, 2.05) is 6.92 Å². The van der Waals surface area contributed by atoms with Gasteiger partial charge < -0.3 is 10.6 Å². The number of hydrogen-bond acceptors (Lipinski definition) is 4. The first-order chi connectivity index (χ1) is 8.15. The number of carbonyl (C=O) groups is 1. The molecule has 0 radical (unpaired) electrons. The Morgan fingerprint density at radius 2 is 2.12 bits per heavy atom. The Hall–Kier alpha value is -2.11. The molecule has 1 aromatic carbocycles. The van der Waals surface area contributed by atoms with Gasteiger partial charge in [-0.3, -0.25) is 14.9 Å². The second-order valence-electron chi connectivity index (χ2n) is 3.40. The summed E-state index contributed by atoms with van der Waals surface area (Å²) >= 11 is 0. The van der Waals surface area contributed by atoms with Crippen LogP contribution in [0.3, 0.4) is 0 Å². The SMILES string of the molecule is CCNC(=O)CCNc1ccccc1[N+](=O)[O-]. The molecule has 0 saturated carbocycles. The van der Waals surface area contributed by atoms with Crippen LogP contribution in [-0.2, 0) is 4.79 Å². The molecular weight excluding hydrogens is 222 g/mol. The van der Waals surface area contributed by atoms with E-state index in [4.69, 9.17) is 0 Å². The smallest absolute Gasteiger partial charge is 0.292 e. The van der Waals surface area contributed by atoms with E-state index in [-0.39, 0.29) is 11.6 Å². The van der Waals surface area contributed by atoms with Gasteiger partial charge in [-0.15, -0.1) is 0 Å². The van der Waals surface area contributed by atoms with E-state index in [1.54, 1.807) is 18.2 Å². The van der Waals surface area contributed by atoms with Gasteiger partial charge in [-0.25, -0.2) is 0 Å². The summed E-state index contributed by atoms with van der Waals surface area (Å²) < 4.78 is 0. The average Bonchev–Trinajstić information content (AvgIpc) is 2.30. The minimum atomic E-state index is -0.450. The van der Waals surface area contributed by atoms with E-state index in [2.05, 4.69) is 10.6 Å². The first kappa shape index (κ1) is 13.0. The van der Waals surface area contributed by atoms with Gasteiger partial charge in [0.2, 0.25) is 5.91 Å². The lowest BCUT2D eigenvalue weighted by atomic mass is 10.2. The number of rotatable bonds is 6. The van der Waals surface area contributed by atoms with Gasteiger partial charge >= 0.3 is 0 Å². The quantitative estimate of drug-likeness (QED) is 0.580. The van der Waals surface area contributed by atoms with Crippen LogP contribution in [-0.4, -0.2) is 23.9 Å². The van der Waals surface area contributed by atoms with Crippen LogP contribution >= 0.6 is 0 Å². The standard InChI is InChI=1S/C11H15N3O3/c1-2-12-11(15)7-8-13-9-5-3-4-6-10(9)14(16)17/h3-6,13H,2,7-8H2,1H3,(H,12,15). The first-order valence-electron chi connectivity index (χ1n) is 5.39. The van der Waals surface area contributed by atoms with Crippen LogP contribution in [0.4, 0.5) is 11.4 Å². The summed E-state index contributed by atoms with van der Waals surface area (Å²) in [6.45, 7) is 2.80. The number of nitro groups is 1. The van der Waals surface area contributed by atoms with Crippen LogP contribution in [0.1, 0.15) is 13.3 Å². The highest BCUT2D eigenvalue weighted by Crippen LogP contribution is 2.22. The van der Waals surface area contributed by atoms with Crippen molar-refractivity contribution in [1.82, 2.24) is 5.32 Å². The molecule has 0 aliphatic rings. The zero-order valence-corrected chi connectivity index (χ0v) is 9.60. The molecule has 0 fully saturated rings. The molecule has 1 rings (SSSR count). The summed E-state index contributed by atoms with van der Waals surface area (Å²) in [7, 11) is 0. The van der Waals surface area contributed by atoms with Crippen molar-refractivity contribution in [3.8, 4) is 0 Å². The molecule has 0 heterocycles. The third kappa shape index (κ3) is 4.10. The van der Waals surface area contributed by atoms with Gasteiger partial charge in [-0.2, -0.15) is 0 Å². The average molecular weight is 237 g/mol.